The predicted octanol–water partition coefficient (Wildman–Crippen LogP) is 0.530. The molecule has 0 aliphatic rings. The molecule has 0 spiro atoms. The van der Waals surface area contributed by atoms with Crippen molar-refractivity contribution in [2.24, 2.45) is 0 Å². The summed E-state index contributed by atoms with van der Waals surface area (Å²) in [4.78, 5) is 36.8. The number of carboxylic acids is 2. The summed E-state index contributed by atoms with van der Waals surface area (Å²) in [6, 6.07) is 0.697. The van der Waals surface area contributed by atoms with Crippen molar-refractivity contribution in [2.45, 2.75) is 19.4 Å². The molecule has 0 saturated carbocycles. The summed E-state index contributed by atoms with van der Waals surface area (Å²) in [5.74, 6) is -2.37. The first kappa shape index (κ1) is 16.2. The van der Waals surface area contributed by atoms with E-state index in [9.17, 15) is 14.4 Å². The number of amides is 2. The lowest BCUT2D eigenvalue weighted by Gasteiger charge is -2.13. The predicted molar refractivity (Wildman–Crippen MR) is 71.2 cm³/mol. The largest absolute Gasteiger partial charge is 0.481 e. The van der Waals surface area contributed by atoms with E-state index in [4.69, 9.17) is 14.9 Å². The average Bonchev–Trinajstić information content (AvgIpc) is 2.40. The summed E-state index contributed by atoms with van der Waals surface area (Å²) in [6.07, 6.45) is 0.613. The van der Waals surface area contributed by atoms with Crippen LogP contribution in [0.2, 0.25) is 0 Å². The number of aromatic nitrogens is 1. The lowest BCUT2D eigenvalue weighted by molar-refractivity contribution is -0.145. The molecule has 1 aromatic rings. The summed E-state index contributed by atoms with van der Waals surface area (Å²) >= 11 is 0. The SMILES string of the molecule is CCOc1ccc(NC(=O)N[C@@H](CC(=O)O)C(=O)O)cn1. The van der Waals surface area contributed by atoms with E-state index in [2.05, 4.69) is 10.3 Å². The van der Waals surface area contributed by atoms with Crippen molar-refractivity contribution in [1.29, 1.82) is 0 Å². The van der Waals surface area contributed by atoms with Crippen LogP contribution in [0.5, 0.6) is 5.88 Å². The zero-order valence-electron chi connectivity index (χ0n) is 11.2. The van der Waals surface area contributed by atoms with E-state index < -0.39 is 30.4 Å². The van der Waals surface area contributed by atoms with Gasteiger partial charge in [0.2, 0.25) is 5.88 Å². The van der Waals surface area contributed by atoms with Gasteiger partial charge in [-0.05, 0) is 13.0 Å². The number of pyridine rings is 1. The van der Waals surface area contributed by atoms with Crippen molar-refractivity contribution in [3.05, 3.63) is 18.3 Å². The molecule has 0 fully saturated rings. The number of carbonyl (C=O) groups excluding carboxylic acids is 1. The first-order valence-electron chi connectivity index (χ1n) is 6.03. The maximum absolute atomic E-state index is 11.6. The molecular formula is C12H15N3O6. The Labute approximate surface area is 119 Å². The number of hydrogen-bond acceptors (Lipinski definition) is 5. The Kier molecular flexibility index (Phi) is 5.93. The summed E-state index contributed by atoms with van der Waals surface area (Å²) in [5, 5.41) is 21.7. The van der Waals surface area contributed by atoms with Crippen molar-refractivity contribution < 1.29 is 29.3 Å². The van der Waals surface area contributed by atoms with Gasteiger partial charge in [-0.3, -0.25) is 4.79 Å². The molecule has 114 valence electrons. The maximum Gasteiger partial charge on any atom is 0.326 e. The molecule has 4 N–H and O–H groups in total. The lowest BCUT2D eigenvalue weighted by atomic mass is 10.2. The molecule has 9 nitrogen and oxygen atoms in total. The molecule has 1 rings (SSSR count). The molecule has 1 aromatic heterocycles. The fourth-order valence-corrected chi connectivity index (χ4v) is 1.39. The number of carbonyl (C=O) groups is 3. The van der Waals surface area contributed by atoms with E-state index in [1.807, 2.05) is 5.32 Å². The van der Waals surface area contributed by atoms with Crippen LogP contribution in [0.4, 0.5) is 10.5 Å². The summed E-state index contributed by atoms with van der Waals surface area (Å²) in [7, 11) is 0. The summed E-state index contributed by atoms with van der Waals surface area (Å²) < 4.78 is 5.12. The molecule has 0 aromatic carbocycles. The highest BCUT2D eigenvalue weighted by Crippen LogP contribution is 2.11. The van der Waals surface area contributed by atoms with Crippen molar-refractivity contribution in [1.82, 2.24) is 10.3 Å². The third-order valence-electron chi connectivity index (χ3n) is 2.27. The van der Waals surface area contributed by atoms with E-state index in [-0.39, 0.29) is 0 Å². The highest BCUT2D eigenvalue weighted by molar-refractivity contribution is 5.93. The third-order valence-corrected chi connectivity index (χ3v) is 2.27. The number of rotatable bonds is 7. The highest BCUT2D eigenvalue weighted by Gasteiger charge is 2.22. The zero-order chi connectivity index (χ0) is 15.8. The van der Waals surface area contributed by atoms with Gasteiger partial charge in [-0.2, -0.15) is 0 Å². The smallest absolute Gasteiger partial charge is 0.326 e. The zero-order valence-corrected chi connectivity index (χ0v) is 11.2. The Bertz CT molecular complexity index is 516. The van der Waals surface area contributed by atoms with Gasteiger partial charge in [-0.1, -0.05) is 0 Å². The van der Waals surface area contributed by atoms with Crippen molar-refractivity contribution in [3.63, 3.8) is 0 Å². The lowest BCUT2D eigenvalue weighted by Crippen LogP contribution is -2.44. The minimum Gasteiger partial charge on any atom is -0.481 e. The van der Waals surface area contributed by atoms with Gasteiger partial charge in [0.05, 0.1) is 24.9 Å². The van der Waals surface area contributed by atoms with Crippen molar-refractivity contribution >= 4 is 23.7 Å². The molecule has 1 atom stereocenters. The van der Waals surface area contributed by atoms with Gasteiger partial charge in [-0.25, -0.2) is 14.6 Å². The first-order chi connectivity index (χ1) is 9.92. The monoisotopic (exact) mass is 297 g/mol. The molecule has 2 amide bonds. The van der Waals surface area contributed by atoms with Gasteiger partial charge in [0.15, 0.2) is 0 Å². The van der Waals surface area contributed by atoms with Gasteiger partial charge in [0.1, 0.15) is 6.04 Å². The summed E-state index contributed by atoms with van der Waals surface area (Å²) in [5.41, 5.74) is 0.315. The van der Waals surface area contributed by atoms with Gasteiger partial charge >= 0.3 is 18.0 Å². The van der Waals surface area contributed by atoms with Crippen LogP contribution >= 0.6 is 0 Å². The minimum absolute atomic E-state index is 0.315. The molecular weight excluding hydrogens is 282 g/mol. The molecule has 0 radical (unpaired) electrons. The molecule has 0 unspecified atom stereocenters. The number of carboxylic acid groups (broad SMARTS) is 2. The van der Waals surface area contributed by atoms with Crippen LogP contribution in [0.25, 0.3) is 0 Å². The molecule has 9 heteroatoms. The average molecular weight is 297 g/mol. The first-order valence-corrected chi connectivity index (χ1v) is 6.03. The molecule has 0 aliphatic heterocycles. The van der Waals surface area contributed by atoms with Gasteiger partial charge in [-0.15, -0.1) is 0 Å². The van der Waals surface area contributed by atoms with E-state index >= 15 is 0 Å². The standard InChI is InChI=1S/C12H15N3O6/c1-2-21-9-4-3-7(6-13-9)14-12(20)15-8(11(18)19)5-10(16)17/h3-4,6,8H,2,5H2,1H3,(H,16,17)(H,18,19)(H2,14,15,20)/t8-/m0/s1. The topological polar surface area (TPSA) is 138 Å². The fraction of sp³-hybridized carbons (Fsp3) is 0.333. The Hall–Kier alpha value is -2.84. The second-order valence-electron chi connectivity index (χ2n) is 3.91. The molecule has 0 aliphatic carbocycles. The van der Waals surface area contributed by atoms with E-state index in [0.717, 1.165) is 0 Å². The quantitative estimate of drug-likeness (QED) is 0.575. The summed E-state index contributed by atoms with van der Waals surface area (Å²) in [6.45, 7) is 2.26. The van der Waals surface area contributed by atoms with Gasteiger partial charge in [0, 0.05) is 6.07 Å². The van der Waals surface area contributed by atoms with Crippen LogP contribution in [0.1, 0.15) is 13.3 Å². The Balaban J connectivity index is 2.59. The third kappa shape index (κ3) is 5.76. The van der Waals surface area contributed by atoms with Gasteiger partial charge < -0.3 is 25.6 Å². The Morgan fingerprint density at radius 2 is 2.05 bits per heavy atom. The number of anilines is 1. The number of nitrogens with zero attached hydrogens (tertiary/aromatic N) is 1. The van der Waals surface area contributed by atoms with Crippen molar-refractivity contribution in [2.75, 3.05) is 11.9 Å². The van der Waals surface area contributed by atoms with Gasteiger partial charge in [0.25, 0.3) is 0 Å². The van der Waals surface area contributed by atoms with Crippen LogP contribution in [-0.4, -0.2) is 45.8 Å². The van der Waals surface area contributed by atoms with Crippen LogP contribution in [0, 0.1) is 0 Å². The maximum atomic E-state index is 11.6. The normalized spacial score (nSPS) is 11.3. The van der Waals surface area contributed by atoms with Crippen molar-refractivity contribution in [3.8, 4) is 5.88 Å². The minimum atomic E-state index is -1.52. The number of hydrogen-bond donors (Lipinski definition) is 4. The molecule has 21 heavy (non-hydrogen) atoms. The highest BCUT2D eigenvalue weighted by atomic mass is 16.5. The van der Waals surface area contributed by atoms with Crippen LogP contribution in [-0.2, 0) is 9.59 Å². The number of nitrogens with one attached hydrogen (secondary N) is 2. The van der Waals surface area contributed by atoms with Crippen LogP contribution < -0.4 is 15.4 Å². The second-order valence-corrected chi connectivity index (χ2v) is 3.91. The van der Waals surface area contributed by atoms with Crippen LogP contribution in [0.15, 0.2) is 18.3 Å². The Morgan fingerprint density at radius 1 is 1.33 bits per heavy atom. The number of aliphatic carboxylic acids is 2. The molecule has 1 heterocycles. The number of urea groups is 1. The van der Waals surface area contributed by atoms with E-state index in [1.165, 1.54) is 18.3 Å². The fourth-order valence-electron chi connectivity index (χ4n) is 1.39. The number of ether oxygens (including phenoxy) is 1. The molecule has 0 saturated heterocycles. The second kappa shape index (κ2) is 7.68. The van der Waals surface area contributed by atoms with E-state index in [1.54, 1.807) is 6.92 Å². The van der Waals surface area contributed by atoms with Crippen LogP contribution in [0.3, 0.4) is 0 Å². The van der Waals surface area contributed by atoms with E-state index in [0.29, 0.717) is 18.2 Å². The Morgan fingerprint density at radius 3 is 2.52 bits per heavy atom. The molecule has 0 bridgehead atoms.